The molecule has 4 nitrogen and oxygen atoms in total. The largest absolute Gasteiger partial charge is 0.314 e. The van der Waals surface area contributed by atoms with Gasteiger partial charge in [0.25, 0.3) is 0 Å². The van der Waals surface area contributed by atoms with Gasteiger partial charge in [0.1, 0.15) is 11.6 Å². The Balaban J connectivity index is 2.62. The average molecular weight is 184 g/mol. The van der Waals surface area contributed by atoms with Crippen LogP contribution in [0.25, 0.3) is 0 Å². The molecule has 0 aromatic rings. The van der Waals surface area contributed by atoms with Crippen molar-refractivity contribution >= 4 is 11.6 Å². The Morgan fingerprint density at radius 3 is 2.23 bits per heavy atom. The molecule has 74 valence electrons. The zero-order valence-electron chi connectivity index (χ0n) is 8.09. The molecule has 0 bridgehead atoms. The van der Waals surface area contributed by atoms with Crippen LogP contribution in [0.3, 0.4) is 0 Å². The van der Waals surface area contributed by atoms with Crippen LogP contribution in [0.2, 0.25) is 0 Å². The van der Waals surface area contributed by atoms with Crippen LogP contribution < -0.4 is 10.6 Å². The van der Waals surface area contributed by atoms with Crippen molar-refractivity contribution in [2.45, 2.75) is 19.9 Å². The van der Waals surface area contributed by atoms with Crippen LogP contribution in [0, 0.1) is 5.92 Å². The standard InChI is InChI=1S/C9H16N2O2/c1-6(12)9(7(2)13)8-5-10-3-4-11-8/h8-11H,3-5H2,1-2H3. The Morgan fingerprint density at radius 1 is 1.23 bits per heavy atom. The van der Waals surface area contributed by atoms with Gasteiger partial charge in [-0.2, -0.15) is 0 Å². The lowest BCUT2D eigenvalue weighted by molar-refractivity contribution is -0.131. The molecule has 0 spiro atoms. The lowest BCUT2D eigenvalue weighted by Gasteiger charge is -2.28. The smallest absolute Gasteiger partial charge is 0.141 e. The number of hydrogen-bond donors (Lipinski definition) is 2. The van der Waals surface area contributed by atoms with E-state index in [2.05, 4.69) is 10.6 Å². The molecule has 1 aliphatic rings. The van der Waals surface area contributed by atoms with Crippen LogP contribution in [-0.4, -0.2) is 37.2 Å². The first-order chi connectivity index (χ1) is 6.13. The number of ketones is 2. The van der Waals surface area contributed by atoms with Gasteiger partial charge in [-0.05, 0) is 13.8 Å². The summed E-state index contributed by atoms with van der Waals surface area (Å²) in [6, 6.07) is -0.0243. The Morgan fingerprint density at radius 2 is 1.85 bits per heavy atom. The quantitative estimate of drug-likeness (QED) is 0.572. The van der Waals surface area contributed by atoms with Gasteiger partial charge >= 0.3 is 0 Å². The van der Waals surface area contributed by atoms with E-state index in [1.54, 1.807) is 0 Å². The predicted octanol–water partition coefficient (Wildman–Crippen LogP) is -0.658. The number of rotatable bonds is 3. The molecule has 13 heavy (non-hydrogen) atoms. The normalized spacial score (nSPS) is 23.2. The van der Waals surface area contributed by atoms with Crippen LogP contribution in [-0.2, 0) is 9.59 Å². The molecule has 1 fully saturated rings. The fourth-order valence-corrected chi connectivity index (χ4v) is 1.76. The van der Waals surface area contributed by atoms with Crippen molar-refractivity contribution in [3.63, 3.8) is 0 Å². The molecular formula is C9H16N2O2. The maximum atomic E-state index is 11.2. The van der Waals surface area contributed by atoms with E-state index in [4.69, 9.17) is 0 Å². The number of carbonyl (C=O) groups is 2. The van der Waals surface area contributed by atoms with Gasteiger partial charge in [0.15, 0.2) is 0 Å². The van der Waals surface area contributed by atoms with Crippen LogP contribution >= 0.6 is 0 Å². The van der Waals surface area contributed by atoms with Gasteiger partial charge in [-0.25, -0.2) is 0 Å². The minimum atomic E-state index is -0.479. The van der Waals surface area contributed by atoms with Crippen LogP contribution in [0.5, 0.6) is 0 Å². The highest BCUT2D eigenvalue weighted by molar-refractivity contribution is 6.01. The van der Waals surface area contributed by atoms with Crippen LogP contribution in [0.15, 0.2) is 0 Å². The molecule has 0 aromatic heterocycles. The Kier molecular flexibility index (Phi) is 3.57. The summed E-state index contributed by atoms with van der Waals surface area (Å²) >= 11 is 0. The molecule has 1 unspecified atom stereocenters. The second kappa shape index (κ2) is 4.48. The van der Waals surface area contributed by atoms with E-state index >= 15 is 0 Å². The van der Waals surface area contributed by atoms with Crippen molar-refractivity contribution in [1.29, 1.82) is 0 Å². The molecule has 0 aliphatic carbocycles. The highest BCUT2D eigenvalue weighted by atomic mass is 16.1. The fraction of sp³-hybridized carbons (Fsp3) is 0.778. The van der Waals surface area contributed by atoms with E-state index in [1.807, 2.05) is 0 Å². The van der Waals surface area contributed by atoms with E-state index in [1.165, 1.54) is 13.8 Å². The topological polar surface area (TPSA) is 58.2 Å². The van der Waals surface area contributed by atoms with Crippen LogP contribution in [0.4, 0.5) is 0 Å². The molecule has 1 saturated heterocycles. The van der Waals surface area contributed by atoms with Crippen molar-refractivity contribution in [2.75, 3.05) is 19.6 Å². The van der Waals surface area contributed by atoms with Gasteiger partial charge < -0.3 is 10.6 Å². The summed E-state index contributed by atoms with van der Waals surface area (Å²) in [5.74, 6) is -0.574. The minimum Gasteiger partial charge on any atom is -0.314 e. The molecule has 0 aromatic carbocycles. The highest BCUT2D eigenvalue weighted by Gasteiger charge is 2.30. The van der Waals surface area contributed by atoms with Crippen molar-refractivity contribution in [3.8, 4) is 0 Å². The average Bonchev–Trinajstić information content (AvgIpc) is 2.04. The summed E-state index contributed by atoms with van der Waals surface area (Å²) in [4.78, 5) is 22.4. The van der Waals surface area contributed by atoms with E-state index in [0.717, 1.165) is 13.1 Å². The number of Topliss-reactive ketones (excluding diaryl/α,β-unsaturated/α-hetero) is 2. The summed E-state index contributed by atoms with van der Waals surface area (Å²) in [6.45, 7) is 5.37. The zero-order valence-corrected chi connectivity index (χ0v) is 8.09. The minimum absolute atomic E-state index is 0.0243. The first-order valence-corrected chi connectivity index (χ1v) is 4.58. The SMILES string of the molecule is CC(=O)C(C(C)=O)C1CNCCN1. The summed E-state index contributed by atoms with van der Waals surface area (Å²) in [5, 5.41) is 6.34. The number of piperazine rings is 1. The third-order valence-electron chi connectivity index (χ3n) is 2.35. The van der Waals surface area contributed by atoms with Gasteiger partial charge in [-0.15, -0.1) is 0 Å². The fourth-order valence-electron chi connectivity index (χ4n) is 1.76. The third kappa shape index (κ3) is 2.60. The molecule has 2 N–H and O–H groups in total. The zero-order chi connectivity index (χ0) is 9.84. The monoisotopic (exact) mass is 184 g/mol. The molecule has 1 heterocycles. The number of nitrogens with one attached hydrogen (secondary N) is 2. The molecule has 1 rings (SSSR count). The first kappa shape index (κ1) is 10.3. The van der Waals surface area contributed by atoms with Gasteiger partial charge in [-0.3, -0.25) is 9.59 Å². The van der Waals surface area contributed by atoms with Gasteiger partial charge in [0.05, 0.1) is 5.92 Å². The van der Waals surface area contributed by atoms with Crippen molar-refractivity contribution < 1.29 is 9.59 Å². The van der Waals surface area contributed by atoms with Crippen LogP contribution in [0.1, 0.15) is 13.8 Å². The Bertz CT molecular complexity index is 196. The predicted molar refractivity (Wildman–Crippen MR) is 49.5 cm³/mol. The molecule has 0 radical (unpaired) electrons. The van der Waals surface area contributed by atoms with E-state index in [-0.39, 0.29) is 17.6 Å². The molecule has 4 heteroatoms. The number of hydrogen-bond acceptors (Lipinski definition) is 4. The third-order valence-corrected chi connectivity index (χ3v) is 2.35. The maximum absolute atomic E-state index is 11.2. The van der Waals surface area contributed by atoms with Gasteiger partial charge in [0.2, 0.25) is 0 Å². The lowest BCUT2D eigenvalue weighted by atomic mass is 9.91. The van der Waals surface area contributed by atoms with E-state index in [9.17, 15) is 9.59 Å². The molecule has 1 atom stereocenters. The van der Waals surface area contributed by atoms with E-state index < -0.39 is 5.92 Å². The van der Waals surface area contributed by atoms with Crippen molar-refractivity contribution in [3.05, 3.63) is 0 Å². The molecule has 0 saturated carbocycles. The maximum Gasteiger partial charge on any atom is 0.141 e. The molecular weight excluding hydrogens is 168 g/mol. The summed E-state index contributed by atoms with van der Waals surface area (Å²) in [5.41, 5.74) is 0. The second-order valence-corrected chi connectivity index (χ2v) is 3.46. The first-order valence-electron chi connectivity index (χ1n) is 4.58. The summed E-state index contributed by atoms with van der Waals surface area (Å²) in [7, 11) is 0. The summed E-state index contributed by atoms with van der Waals surface area (Å²) < 4.78 is 0. The molecule has 0 amide bonds. The Labute approximate surface area is 78.1 Å². The Hall–Kier alpha value is -0.740. The second-order valence-electron chi connectivity index (χ2n) is 3.46. The molecule has 1 aliphatic heterocycles. The van der Waals surface area contributed by atoms with Crippen molar-refractivity contribution in [2.24, 2.45) is 5.92 Å². The van der Waals surface area contributed by atoms with Gasteiger partial charge in [-0.1, -0.05) is 0 Å². The highest BCUT2D eigenvalue weighted by Crippen LogP contribution is 2.08. The summed E-state index contributed by atoms with van der Waals surface area (Å²) in [6.07, 6.45) is 0. The number of carbonyl (C=O) groups excluding carboxylic acids is 2. The van der Waals surface area contributed by atoms with Gasteiger partial charge in [0, 0.05) is 25.7 Å². The van der Waals surface area contributed by atoms with E-state index in [0.29, 0.717) is 6.54 Å². The van der Waals surface area contributed by atoms with Crippen molar-refractivity contribution in [1.82, 2.24) is 10.6 Å². The lowest BCUT2D eigenvalue weighted by Crippen LogP contribution is -2.54.